The molecule has 0 spiro atoms. The quantitative estimate of drug-likeness (QED) is 0.895. The van der Waals surface area contributed by atoms with Crippen LogP contribution in [0.3, 0.4) is 0 Å². The average Bonchev–Trinajstić information content (AvgIpc) is 2.58. The predicted molar refractivity (Wildman–Crippen MR) is 95.1 cm³/mol. The standard InChI is InChI=1S/C19H21F2N3O/c1-13-5-3-6-14(2)17(13)22-19(25)24-11-9-23(10-12-24)18-15(20)7-4-8-16(18)21/h3-8H,9-12H2,1-2H3,(H,22,25). The number of nitrogens with one attached hydrogen (secondary N) is 1. The van der Waals surface area contributed by atoms with Crippen LogP contribution in [0.1, 0.15) is 11.1 Å². The maximum absolute atomic E-state index is 13.9. The molecule has 1 fully saturated rings. The van der Waals surface area contributed by atoms with Crippen LogP contribution in [0.25, 0.3) is 0 Å². The summed E-state index contributed by atoms with van der Waals surface area (Å²) >= 11 is 0. The van der Waals surface area contributed by atoms with Crippen molar-refractivity contribution in [2.75, 3.05) is 36.4 Å². The van der Waals surface area contributed by atoms with E-state index in [9.17, 15) is 13.6 Å². The van der Waals surface area contributed by atoms with E-state index in [2.05, 4.69) is 5.32 Å². The zero-order valence-corrected chi connectivity index (χ0v) is 14.4. The van der Waals surface area contributed by atoms with E-state index in [1.54, 1.807) is 9.80 Å². The average molecular weight is 345 g/mol. The number of carbonyl (C=O) groups excluding carboxylic acids is 1. The highest BCUT2D eigenvalue weighted by Gasteiger charge is 2.25. The fourth-order valence-corrected chi connectivity index (χ4v) is 3.12. The van der Waals surface area contributed by atoms with Gasteiger partial charge in [0.05, 0.1) is 0 Å². The third kappa shape index (κ3) is 3.57. The summed E-state index contributed by atoms with van der Waals surface area (Å²) < 4.78 is 27.8. The summed E-state index contributed by atoms with van der Waals surface area (Å²) in [7, 11) is 0. The number of aryl methyl sites for hydroxylation is 2. The van der Waals surface area contributed by atoms with Crippen molar-refractivity contribution in [1.29, 1.82) is 0 Å². The predicted octanol–water partition coefficient (Wildman–Crippen LogP) is 3.94. The van der Waals surface area contributed by atoms with Crippen molar-refractivity contribution in [2.24, 2.45) is 0 Å². The molecule has 0 unspecified atom stereocenters. The summed E-state index contributed by atoms with van der Waals surface area (Å²) in [5, 5.41) is 2.95. The van der Waals surface area contributed by atoms with E-state index < -0.39 is 11.6 Å². The molecule has 2 aromatic carbocycles. The number of hydrogen-bond donors (Lipinski definition) is 1. The second-order valence-corrected chi connectivity index (χ2v) is 6.24. The fourth-order valence-electron chi connectivity index (χ4n) is 3.12. The second-order valence-electron chi connectivity index (χ2n) is 6.24. The number of anilines is 2. The minimum absolute atomic E-state index is 0.0164. The van der Waals surface area contributed by atoms with Crippen LogP contribution >= 0.6 is 0 Å². The van der Waals surface area contributed by atoms with E-state index in [0.29, 0.717) is 26.2 Å². The number of para-hydroxylation sites is 2. The molecule has 25 heavy (non-hydrogen) atoms. The van der Waals surface area contributed by atoms with Crippen LogP contribution in [0.5, 0.6) is 0 Å². The molecule has 0 bridgehead atoms. The van der Waals surface area contributed by atoms with Crippen LogP contribution in [-0.4, -0.2) is 37.1 Å². The van der Waals surface area contributed by atoms with E-state index in [0.717, 1.165) is 16.8 Å². The van der Waals surface area contributed by atoms with Crippen LogP contribution in [0.4, 0.5) is 25.0 Å². The van der Waals surface area contributed by atoms with Gasteiger partial charge in [-0.2, -0.15) is 0 Å². The number of urea groups is 1. The molecule has 1 aliphatic heterocycles. The molecule has 1 aliphatic rings. The van der Waals surface area contributed by atoms with Gasteiger partial charge in [-0.05, 0) is 37.1 Å². The van der Waals surface area contributed by atoms with Gasteiger partial charge >= 0.3 is 6.03 Å². The molecule has 0 atom stereocenters. The minimum Gasteiger partial charge on any atom is -0.363 e. The smallest absolute Gasteiger partial charge is 0.321 e. The summed E-state index contributed by atoms with van der Waals surface area (Å²) in [6, 6.07) is 9.50. The van der Waals surface area contributed by atoms with Gasteiger partial charge in [0.1, 0.15) is 17.3 Å². The van der Waals surface area contributed by atoms with Crippen LogP contribution in [0, 0.1) is 25.5 Å². The summed E-state index contributed by atoms with van der Waals surface area (Å²) in [6.45, 7) is 5.48. The molecule has 6 heteroatoms. The summed E-state index contributed by atoms with van der Waals surface area (Å²) in [6.07, 6.45) is 0. The molecule has 1 heterocycles. The zero-order chi connectivity index (χ0) is 18.0. The molecule has 1 saturated heterocycles. The number of nitrogens with zero attached hydrogens (tertiary/aromatic N) is 2. The number of carbonyl (C=O) groups is 1. The van der Waals surface area contributed by atoms with Gasteiger partial charge in [-0.25, -0.2) is 13.6 Å². The molecule has 4 nitrogen and oxygen atoms in total. The Morgan fingerprint density at radius 3 is 2.00 bits per heavy atom. The monoisotopic (exact) mass is 345 g/mol. The third-order valence-electron chi connectivity index (χ3n) is 4.53. The van der Waals surface area contributed by atoms with Crippen LogP contribution in [0.15, 0.2) is 36.4 Å². The molecule has 132 valence electrons. The van der Waals surface area contributed by atoms with Gasteiger partial charge in [0.25, 0.3) is 0 Å². The first-order chi connectivity index (χ1) is 12.0. The molecular formula is C19H21F2N3O. The maximum atomic E-state index is 13.9. The Bertz CT molecular complexity index is 746. The molecule has 3 rings (SSSR count). The van der Waals surface area contributed by atoms with E-state index in [4.69, 9.17) is 0 Å². The second kappa shape index (κ2) is 7.09. The highest BCUT2D eigenvalue weighted by atomic mass is 19.1. The number of amides is 2. The Hall–Kier alpha value is -2.63. The first-order valence-electron chi connectivity index (χ1n) is 8.28. The summed E-state index contributed by atoms with van der Waals surface area (Å²) in [5.41, 5.74) is 2.80. The Morgan fingerprint density at radius 2 is 1.44 bits per heavy atom. The van der Waals surface area contributed by atoms with Gasteiger partial charge in [0.15, 0.2) is 0 Å². The maximum Gasteiger partial charge on any atom is 0.321 e. The van der Waals surface area contributed by atoms with Crippen LogP contribution < -0.4 is 10.2 Å². The molecule has 0 radical (unpaired) electrons. The molecule has 2 amide bonds. The third-order valence-corrected chi connectivity index (χ3v) is 4.53. The minimum atomic E-state index is -0.576. The Kier molecular flexibility index (Phi) is 4.88. The lowest BCUT2D eigenvalue weighted by atomic mass is 10.1. The van der Waals surface area contributed by atoms with E-state index in [1.807, 2.05) is 32.0 Å². The topological polar surface area (TPSA) is 35.6 Å². The van der Waals surface area contributed by atoms with Gasteiger partial charge in [-0.3, -0.25) is 0 Å². The SMILES string of the molecule is Cc1cccc(C)c1NC(=O)N1CCN(c2c(F)cccc2F)CC1. The number of rotatable bonds is 2. The van der Waals surface area contributed by atoms with Crippen molar-refractivity contribution in [3.63, 3.8) is 0 Å². The van der Waals surface area contributed by atoms with Crippen molar-refractivity contribution in [3.05, 3.63) is 59.2 Å². The van der Waals surface area contributed by atoms with Gasteiger partial charge in [-0.15, -0.1) is 0 Å². The van der Waals surface area contributed by atoms with Crippen molar-refractivity contribution < 1.29 is 13.6 Å². The van der Waals surface area contributed by atoms with E-state index >= 15 is 0 Å². The summed E-state index contributed by atoms with van der Waals surface area (Å²) in [5.74, 6) is -1.15. The number of piperazine rings is 1. The molecule has 0 saturated carbocycles. The Morgan fingerprint density at radius 1 is 0.920 bits per heavy atom. The lowest BCUT2D eigenvalue weighted by Gasteiger charge is -2.36. The lowest BCUT2D eigenvalue weighted by Crippen LogP contribution is -2.50. The highest BCUT2D eigenvalue weighted by Crippen LogP contribution is 2.25. The molecular weight excluding hydrogens is 324 g/mol. The van der Waals surface area contributed by atoms with Gasteiger partial charge in [0, 0.05) is 31.9 Å². The first-order valence-corrected chi connectivity index (χ1v) is 8.28. The highest BCUT2D eigenvalue weighted by molar-refractivity contribution is 5.91. The molecule has 0 aromatic heterocycles. The van der Waals surface area contributed by atoms with Crippen LogP contribution in [0.2, 0.25) is 0 Å². The normalized spacial score (nSPS) is 14.6. The Balaban J connectivity index is 1.65. The first kappa shape index (κ1) is 17.2. The van der Waals surface area contributed by atoms with E-state index in [1.165, 1.54) is 18.2 Å². The fraction of sp³-hybridized carbons (Fsp3) is 0.316. The van der Waals surface area contributed by atoms with Crippen molar-refractivity contribution in [3.8, 4) is 0 Å². The lowest BCUT2D eigenvalue weighted by molar-refractivity contribution is 0.208. The Labute approximate surface area is 146 Å². The number of hydrogen-bond acceptors (Lipinski definition) is 2. The largest absolute Gasteiger partial charge is 0.363 e. The molecule has 0 aliphatic carbocycles. The van der Waals surface area contributed by atoms with Crippen LogP contribution in [-0.2, 0) is 0 Å². The summed E-state index contributed by atoms with van der Waals surface area (Å²) in [4.78, 5) is 15.8. The van der Waals surface area contributed by atoms with Crippen molar-refractivity contribution in [1.82, 2.24) is 4.90 Å². The van der Waals surface area contributed by atoms with E-state index in [-0.39, 0.29) is 11.7 Å². The number of benzene rings is 2. The van der Waals surface area contributed by atoms with Gasteiger partial charge in [-0.1, -0.05) is 24.3 Å². The van der Waals surface area contributed by atoms with Gasteiger partial charge in [0.2, 0.25) is 0 Å². The zero-order valence-electron chi connectivity index (χ0n) is 14.4. The molecule has 1 N–H and O–H groups in total. The van der Waals surface area contributed by atoms with Gasteiger partial charge < -0.3 is 15.1 Å². The number of halogens is 2. The molecule has 2 aromatic rings. The van der Waals surface area contributed by atoms with Crippen molar-refractivity contribution in [2.45, 2.75) is 13.8 Å². The van der Waals surface area contributed by atoms with Crippen molar-refractivity contribution >= 4 is 17.4 Å².